The van der Waals surface area contributed by atoms with E-state index in [0.29, 0.717) is 0 Å². The largest absolute Gasteiger partial charge is 0.383 e. The number of aryl methyl sites for hydroxylation is 2. The lowest BCUT2D eigenvalue weighted by molar-refractivity contribution is 0.199. The Balaban J connectivity index is 1.77. The summed E-state index contributed by atoms with van der Waals surface area (Å²) in [5.74, 6) is 0. The first-order valence-electron chi connectivity index (χ1n) is 6.12. The normalized spacial score (nSPS) is 11.1. The lowest BCUT2D eigenvalue weighted by atomic mass is 10.3. The van der Waals surface area contributed by atoms with E-state index in [1.807, 2.05) is 6.92 Å². The summed E-state index contributed by atoms with van der Waals surface area (Å²) in [5, 5.41) is 17.7. The van der Waals surface area contributed by atoms with Crippen molar-refractivity contribution in [3.8, 4) is 9.88 Å². The minimum atomic E-state index is 0.751. The Hall–Kier alpha value is -0.960. The Morgan fingerprint density at radius 3 is 2.84 bits per heavy atom. The van der Waals surface area contributed by atoms with Crippen molar-refractivity contribution in [2.24, 2.45) is 0 Å². The molecule has 0 atom stereocenters. The van der Waals surface area contributed by atoms with E-state index in [4.69, 9.17) is 4.74 Å². The molecule has 0 unspecified atom stereocenters. The molecule has 8 heteroatoms. The van der Waals surface area contributed by atoms with Gasteiger partial charge in [-0.2, -0.15) is 0 Å². The molecule has 2 heterocycles. The van der Waals surface area contributed by atoms with Gasteiger partial charge in [0.2, 0.25) is 0 Å². The number of nitrogens with one attached hydrogen (secondary N) is 1. The monoisotopic (exact) mass is 299 g/mol. The first kappa shape index (κ1) is 14.4. The van der Waals surface area contributed by atoms with Crippen LogP contribution in [0.1, 0.15) is 17.1 Å². The quantitative estimate of drug-likeness (QED) is 0.745. The molecule has 0 aliphatic carbocycles. The van der Waals surface area contributed by atoms with Gasteiger partial charge in [0.1, 0.15) is 9.88 Å². The van der Waals surface area contributed by atoms with Crippen LogP contribution in [0.5, 0.6) is 0 Å². The summed E-state index contributed by atoms with van der Waals surface area (Å²) < 4.78 is 8.89. The van der Waals surface area contributed by atoms with Crippen LogP contribution in [0.25, 0.3) is 9.88 Å². The number of hydrogen-bond donors (Lipinski definition) is 1. The van der Waals surface area contributed by atoms with Crippen LogP contribution in [0.4, 0.5) is 0 Å². The van der Waals surface area contributed by atoms with Gasteiger partial charge in [-0.3, -0.25) is 0 Å². The van der Waals surface area contributed by atoms with Crippen LogP contribution >= 0.6 is 22.9 Å². The number of aromatic nitrogens is 4. The van der Waals surface area contributed by atoms with Gasteiger partial charge in [0.15, 0.2) is 5.01 Å². The van der Waals surface area contributed by atoms with Crippen LogP contribution in [-0.2, 0) is 11.2 Å². The van der Waals surface area contributed by atoms with Gasteiger partial charge in [-0.25, -0.2) is 0 Å². The summed E-state index contributed by atoms with van der Waals surface area (Å²) in [7, 11) is 1.71. The van der Waals surface area contributed by atoms with E-state index >= 15 is 0 Å². The lowest BCUT2D eigenvalue weighted by Gasteiger charge is -2.01. The molecule has 1 N–H and O–H groups in total. The van der Waals surface area contributed by atoms with Crippen molar-refractivity contribution in [1.82, 2.24) is 25.1 Å². The van der Waals surface area contributed by atoms with Gasteiger partial charge < -0.3 is 10.1 Å². The summed E-state index contributed by atoms with van der Waals surface area (Å²) in [6.45, 7) is 4.56. The summed E-state index contributed by atoms with van der Waals surface area (Å²) in [4.78, 5) is 1.03. The topological polar surface area (TPSA) is 72.8 Å². The van der Waals surface area contributed by atoms with Crippen molar-refractivity contribution >= 4 is 22.9 Å². The molecule has 6 nitrogen and oxygen atoms in total. The number of ether oxygens (including phenoxy) is 1. The highest BCUT2D eigenvalue weighted by Gasteiger charge is 2.12. The SMILES string of the molecule is COCCNCCCc1nnc(-c2snnc2C)s1. The van der Waals surface area contributed by atoms with E-state index < -0.39 is 0 Å². The van der Waals surface area contributed by atoms with Crippen LogP contribution in [0.3, 0.4) is 0 Å². The number of nitrogens with zero attached hydrogens (tertiary/aromatic N) is 4. The molecule has 0 aromatic carbocycles. The third-order valence-corrected chi connectivity index (χ3v) is 4.50. The van der Waals surface area contributed by atoms with Gasteiger partial charge in [-0.1, -0.05) is 15.8 Å². The van der Waals surface area contributed by atoms with E-state index in [1.165, 1.54) is 11.5 Å². The highest BCUT2D eigenvalue weighted by Crippen LogP contribution is 2.28. The third kappa shape index (κ3) is 4.27. The Bertz CT molecular complexity index is 499. The van der Waals surface area contributed by atoms with Crippen molar-refractivity contribution in [2.45, 2.75) is 19.8 Å². The Morgan fingerprint density at radius 1 is 1.21 bits per heavy atom. The van der Waals surface area contributed by atoms with E-state index in [9.17, 15) is 0 Å². The van der Waals surface area contributed by atoms with Crippen molar-refractivity contribution in [3.63, 3.8) is 0 Å². The molecule has 0 spiro atoms. The van der Waals surface area contributed by atoms with Gasteiger partial charge >= 0.3 is 0 Å². The van der Waals surface area contributed by atoms with Crippen LogP contribution in [0.15, 0.2) is 0 Å². The molecule has 0 saturated heterocycles. The van der Waals surface area contributed by atoms with Crippen LogP contribution < -0.4 is 5.32 Å². The van der Waals surface area contributed by atoms with Crippen LogP contribution in [0, 0.1) is 6.92 Å². The molecule has 0 fully saturated rings. The van der Waals surface area contributed by atoms with E-state index in [-0.39, 0.29) is 0 Å². The maximum atomic E-state index is 4.97. The summed E-state index contributed by atoms with van der Waals surface area (Å²) in [6, 6.07) is 0. The number of methoxy groups -OCH3 is 1. The molecule has 0 aliphatic rings. The molecule has 0 bridgehead atoms. The van der Waals surface area contributed by atoms with E-state index in [1.54, 1.807) is 18.4 Å². The minimum Gasteiger partial charge on any atom is -0.383 e. The summed E-state index contributed by atoms with van der Waals surface area (Å²) >= 11 is 3.00. The Morgan fingerprint density at radius 2 is 2.11 bits per heavy atom. The fourth-order valence-electron chi connectivity index (χ4n) is 1.54. The standard InChI is InChI=1S/C11H17N5OS2/c1-8-10(19-16-13-8)11-15-14-9(18-11)4-3-5-12-6-7-17-2/h12H,3-7H2,1-2H3. The summed E-state index contributed by atoms with van der Waals surface area (Å²) in [5.41, 5.74) is 0.925. The Labute approximate surface area is 120 Å². The maximum absolute atomic E-state index is 4.97. The van der Waals surface area contributed by atoms with Gasteiger partial charge in [0.05, 0.1) is 12.3 Å². The second-order valence-electron chi connectivity index (χ2n) is 4.03. The first-order chi connectivity index (χ1) is 9.31. The predicted octanol–water partition coefficient (Wildman–Crippen LogP) is 1.53. The smallest absolute Gasteiger partial charge is 0.161 e. The zero-order chi connectivity index (χ0) is 13.5. The average molecular weight is 299 g/mol. The van der Waals surface area contributed by atoms with Gasteiger partial charge in [-0.15, -0.1) is 15.3 Å². The highest BCUT2D eigenvalue weighted by atomic mass is 32.1. The zero-order valence-corrected chi connectivity index (χ0v) is 12.7. The molecular formula is C11H17N5OS2. The maximum Gasteiger partial charge on any atom is 0.161 e. The van der Waals surface area contributed by atoms with Crippen LogP contribution in [-0.4, -0.2) is 46.6 Å². The molecule has 2 rings (SSSR count). The van der Waals surface area contributed by atoms with Gasteiger partial charge in [-0.05, 0) is 31.4 Å². The van der Waals surface area contributed by atoms with E-state index in [2.05, 4.69) is 25.1 Å². The Kier molecular flexibility index (Phi) is 5.77. The second-order valence-corrected chi connectivity index (χ2v) is 5.85. The molecule has 104 valence electrons. The highest BCUT2D eigenvalue weighted by molar-refractivity contribution is 7.19. The number of rotatable bonds is 8. The molecule has 0 aliphatic heterocycles. The molecule has 0 amide bonds. The molecular weight excluding hydrogens is 282 g/mol. The first-order valence-corrected chi connectivity index (χ1v) is 7.71. The second kappa shape index (κ2) is 7.59. The fourth-order valence-corrected chi connectivity index (χ4v) is 3.18. The molecule has 2 aromatic heterocycles. The predicted molar refractivity (Wildman–Crippen MR) is 76.6 cm³/mol. The summed E-state index contributed by atoms with van der Waals surface area (Å²) in [6.07, 6.45) is 2.00. The molecule has 19 heavy (non-hydrogen) atoms. The zero-order valence-electron chi connectivity index (χ0n) is 11.0. The molecule has 0 radical (unpaired) electrons. The minimum absolute atomic E-state index is 0.751. The van der Waals surface area contributed by atoms with Crippen molar-refractivity contribution in [3.05, 3.63) is 10.7 Å². The van der Waals surface area contributed by atoms with Gasteiger partial charge in [0.25, 0.3) is 0 Å². The van der Waals surface area contributed by atoms with E-state index in [0.717, 1.165) is 53.1 Å². The van der Waals surface area contributed by atoms with Crippen molar-refractivity contribution < 1.29 is 4.74 Å². The lowest BCUT2D eigenvalue weighted by Crippen LogP contribution is -2.20. The third-order valence-electron chi connectivity index (χ3n) is 2.54. The van der Waals surface area contributed by atoms with Crippen LogP contribution in [0.2, 0.25) is 0 Å². The average Bonchev–Trinajstić information content (AvgIpc) is 3.02. The molecule has 0 saturated carbocycles. The van der Waals surface area contributed by atoms with Crippen molar-refractivity contribution in [1.29, 1.82) is 0 Å². The number of hydrogen-bond acceptors (Lipinski definition) is 8. The van der Waals surface area contributed by atoms with Crippen molar-refractivity contribution in [2.75, 3.05) is 26.8 Å². The molecule has 2 aromatic rings. The van der Waals surface area contributed by atoms with Gasteiger partial charge in [0, 0.05) is 20.1 Å². The fraction of sp³-hybridized carbons (Fsp3) is 0.636.